The smallest absolute Gasteiger partial charge is 0.307 e. The van der Waals surface area contributed by atoms with Gasteiger partial charge >= 0.3 is 5.97 Å². The minimum Gasteiger partial charge on any atom is -0.507 e. The molecular formula is C26H23NO7. The van der Waals surface area contributed by atoms with Crippen LogP contribution in [0.5, 0.6) is 5.75 Å². The van der Waals surface area contributed by atoms with Gasteiger partial charge in [-0.1, -0.05) is 12.1 Å². The van der Waals surface area contributed by atoms with E-state index in [9.17, 15) is 19.5 Å². The number of aliphatic carboxylic acids is 1. The van der Waals surface area contributed by atoms with Crippen molar-refractivity contribution in [3.05, 3.63) is 88.9 Å². The predicted molar refractivity (Wildman–Crippen MR) is 124 cm³/mol. The van der Waals surface area contributed by atoms with Gasteiger partial charge in [-0.2, -0.15) is 0 Å². The topological polar surface area (TPSA) is 117 Å². The molecule has 2 heterocycles. The van der Waals surface area contributed by atoms with Gasteiger partial charge in [-0.25, -0.2) is 0 Å². The Balaban J connectivity index is 1.82. The van der Waals surface area contributed by atoms with Crippen LogP contribution in [0.2, 0.25) is 0 Å². The number of ether oxygens (including phenoxy) is 1. The molecule has 1 atom stereocenters. The summed E-state index contributed by atoms with van der Waals surface area (Å²) >= 11 is 0. The zero-order valence-corrected chi connectivity index (χ0v) is 18.6. The van der Waals surface area contributed by atoms with Crippen LogP contribution in [-0.4, -0.2) is 34.5 Å². The summed E-state index contributed by atoms with van der Waals surface area (Å²) in [5.74, 6) is -2.01. The van der Waals surface area contributed by atoms with Crippen molar-refractivity contribution in [2.75, 3.05) is 11.5 Å². The van der Waals surface area contributed by atoms with E-state index in [0.29, 0.717) is 34.9 Å². The van der Waals surface area contributed by atoms with Crippen molar-refractivity contribution in [1.29, 1.82) is 0 Å². The molecule has 1 aromatic heterocycles. The number of carboxylic acids is 1. The van der Waals surface area contributed by atoms with E-state index in [1.54, 1.807) is 54.6 Å². The summed E-state index contributed by atoms with van der Waals surface area (Å²) < 4.78 is 11.1. The van der Waals surface area contributed by atoms with E-state index in [1.807, 2.05) is 13.8 Å². The Bertz CT molecular complexity index is 1270. The molecule has 1 aliphatic rings. The van der Waals surface area contributed by atoms with Gasteiger partial charge in [0, 0.05) is 11.3 Å². The number of Topliss-reactive ketones (excluding diaryl/α,β-unsaturated/α-hetero) is 1. The highest BCUT2D eigenvalue weighted by atomic mass is 16.5. The van der Waals surface area contributed by atoms with Crippen LogP contribution in [-0.2, 0) is 20.8 Å². The zero-order chi connectivity index (χ0) is 24.4. The number of aliphatic hydroxyl groups excluding tert-OH is 1. The number of furan rings is 1. The van der Waals surface area contributed by atoms with E-state index in [1.165, 1.54) is 11.2 Å². The quantitative estimate of drug-likeness (QED) is 0.307. The molecule has 174 valence electrons. The summed E-state index contributed by atoms with van der Waals surface area (Å²) in [7, 11) is 0. The third-order valence-corrected chi connectivity index (χ3v) is 5.58. The molecule has 1 unspecified atom stereocenters. The van der Waals surface area contributed by atoms with E-state index in [0.717, 1.165) is 5.56 Å². The fraction of sp³-hybridized carbons (Fsp3) is 0.192. The van der Waals surface area contributed by atoms with E-state index in [2.05, 4.69) is 0 Å². The molecule has 1 amide bonds. The Morgan fingerprint density at radius 3 is 2.41 bits per heavy atom. The van der Waals surface area contributed by atoms with Crippen molar-refractivity contribution in [2.24, 2.45) is 0 Å². The molecule has 0 saturated carbocycles. The first-order chi connectivity index (χ1) is 16.3. The first kappa shape index (κ1) is 22.8. The van der Waals surface area contributed by atoms with Gasteiger partial charge in [0.25, 0.3) is 11.7 Å². The molecule has 2 N–H and O–H groups in total. The SMILES string of the molecule is CCOc1ccc(/C(O)=C2/C(=O)C(=O)N(c3ccc(CC(=O)O)cc3)C2c2ccco2)cc1C. The van der Waals surface area contributed by atoms with Crippen LogP contribution >= 0.6 is 0 Å². The van der Waals surface area contributed by atoms with Crippen LogP contribution in [0, 0.1) is 6.92 Å². The molecule has 4 rings (SSSR count). The molecule has 0 aliphatic carbocycles. The fourth-order valence-electron chi connectivity index (χ4n) is 4.03. The first-order valence-electron chi connectivity index (χ1n) is 10.7. The molecule has 8 nitrogen and oxygen atoms in total. The lowest BCUT2D eigenvalue weighted by Gasteiger charge is -2.23. The molecule has 1 saturated heterocycles. The van der Waals surface area contributed by atoms with Crippen LogP contribution in [0.25, 0.3) is 5.76 Å². The van der Waals surface area contributed by atoms with Gasteiger partial charge in [0.05, 0.1) is 24.9 Å². The number of hydrogen-bond acceptors (Lipinski definition) is 6. The molecule has 8 heteroatoms. The van der Waals surface area contributed by atoms with Gasteiger partial charge in [0.2, 0.25) is 0 Å². The highest BCUT2D eigenvalue weighted by Gasteiger charge is 2.48. The minimum atomic E-state index is -0.993. The number of aliphatic hydroxyl groups is 1. The largest absolute Gasteiger partial charge is 0.507 e. The highest BCUT2D eigenvalue weighted by molar-refractivity contribution is 6.51. The minimum absolute atomic E-state index is 0.0990. The predicted octanol–water partition coefficient (Wildman–Crippen LogP) is 4.24. The molecule has 0 bridgehead atoms. The maximum absolute atomic E-state index is 13.1. The first-order valence-corrected chi connectivity index (χ1v) is 10.7. The summed E-state index contributed by atoms with van der Waals surface area (Å²) in [6.07, 6.45) is 1.25. The van der Waals surface area contributed by atoms with Crippen LogP contribution in [0.1, 0.15) is 35.4 Å². The molecule has 1 aliphatic heterocycles. The van der Waals surface area contributed by atoms with Crippen molar-refractivity contribution in [3.63, 3.8) is 0 Å². The van der Waals surface area contributed by atoms with E-state index >= 15 is 0 Å². The fourth-order valence-corrected chi connectivity index (χ4v) is 4.03. The van der Waals surface area contributed by atoms with Crippen molar-refractivity contribution in [1.82, 2.24) is 0 Å². The highest BCUT2D eigenvalue weighted by Crippen LogP contribution is 2.42. The van der Waals surface area contributed by atoms with Crippen molar-refractivity contribution in [2.45, 2.75) is 26.3 Å². The van der Waals surface area contributed by atoms with E-state index < -0.39 is 23.7 Å². The number of anilines is 1. The van der Waals surface area contributed by atoms with Crippen LogP contribution in [0.4, 0.5) is 5.69 Å². The Morgan fingerprint density at radius 2 is 1.82 bits per heavy atom. The Morgan fingerprint density at radius 1 is 1.09 bits per heavy atom. The lowest BCUT2D eigenvalue weighted by atomic mass is 9.98. The standard InChI is InChI=1S/C26H23NO7/c1-3-33-19-11-8-17(13-15(19)2)24(30)22-23(20-5-4-12-34-20)27(26(32)25(22)31)18-9-6-16(7-10-18)14-21(28)29/h4-13,23,30H,3,14H2,1-2H3,(H,28,29)/b24-22-. The zero-order valence-electron chi connectivity index (χ0n) is 18.6. The van der Waals surface area contributed by atoms with Crippen LogP contribution in [0.15, 0.2) is 70.9 Å². The average Bonchev–Trinajstić information content (AvgIpc) is 3.42. The number of aryl methyl sites for hydroxylation is 1. The number of ketones is 1. The number of amides is 1. The average molecular weight is 461 g/mol. The van der Waals surface area contributed by atoms with Crippen LogP contribution < -0.4 is 9.64 Å². The number of hydrogen-bond donors (Lipinski definition) is 2. The summed E-state index contributed by atoms with van der Waals surface area (Å²) in [5, 5.41) is 20.2. The normalized spacial score (nSPS) is 17.2. The van der Waals surface area contributed by atoms with Crippen molar-refractivity contribution >= 4 is 29.1 Å². The molecule has 2 aromatic carbocycles. The molecule has 1 fully saturated rings. The molecular weight excluding hydrogens is 438 g/mol. The summed E-state index contributed by atoms with van der Waals surface area (Å²) in [5.41, 5.74) is 1.96. The molecule has 34 heavy (non-hydrogen) atoms. The third-order valence-electron chi connectivity index (χ3n) is 5.58. The maximum atomic E-state index is 13.1. The van der Waals surface area contributed by atoms with Gasteiger partial charge in [0.1, 0.15) is 23.3 Å². The maximum Gasteiger partial charge on any atom is 0.307 e. The summed E-state index contributed by atoms with van der Waals surface area (Å²) in [6, 6.07) is 13.6. The second-order valence-electron chi connectivity index (χ2n) is 7.83. The summed E-state index contributed by atoms with van der Waals surface area (Å²) in [4.78, 5) is 38.5. The second kappa shape index (κ2) is 9.27. The number of rotatable bonds is 7. The van der Waals surface area contributed by atoms with E-state index in [4.69, 9.17) is 14.3 Å². The Kier molecular flexibility index (Phi) is 6.23. The Labute approximate surface area is 195 Å². The Hall–Kier alpha value is -4.33. The third kappa shape index (κ3) is 4.17. The lowest BCUT2D eigenvalue weighted by Crippen LogP contribution is -2.29. The van der Waals surface area contributed by atoms with Crippen molar-refractivity contribution in [3.8, 4) is 5.75 Å². The van der Waals surface area contributed by atoms with Crippen molar-refractivity contribution < 1.29 is 33.8 Å². The van der Waals surface area contributed by atoms with E-state index in [-0.39, 0.29) is 17.8 Å². The number of carbonyl (C=O) groups is 3. The molecule has 0 spiro atoms. The van der Waals surface area contributed by atoms with Gasteiger partial charge in [-0.3, -0.25) is 19.3 Å². The number of benzene rings is 2. The van der Waals surface area contributed by atoms with Gasteiger partial charge in [-0.05, 0) is 67.4 Å². The second-order valence-corrected chi connectivity index (χ2v) is 7.83. The monoisotopic (exact) mass is 461 g/mol. The van der Waals surface area contributed by atoms with Crippen LogP contribution in [0.3, 0.4) is 0 Å². The summed E-state index contributed by atoms with van der Waals surface area (Å²) in [6.45, 7) is 4.18. The molecule has 3 aromatic rings. The van der Waals surface area contributed by atoms with Gasteiger partial charge in [-0.15, -0.1) is 0 Å². The number of carboxylic acid groups (broad SMARTS) is 1. The number of carbonyl (C=O) groups excluding carboxylic acids is 2. The van der Waals surface area contributed by atoms with Gasteiger partial charge < -0.3 is 19.4 Å². The molecule has 0 radical (unpaired) electrons. The lowest BCUT2D eigenvalue weighted by molar-refractivity contribution is -0.136. The van der Waals surface area contributed by atoms with Gasteiger partial charge in [0.15, 0.2) is 0 Å². The number of nitrogens with zero attached hydrogens (tertiary/aromatic N) is 1.